The van der Waals surface area contributed by atoms with Gasteiger partial charge in [-0.2, -0.15) is 0 Å². The number of nitro groups is 1. The molecule has 0 amide bonds. The van der Waals surface area contributed by atoms with E-state index in [2.05, 4.69) is 5.16 Å². The molecule has 0 aliphatic heterocycles. The fourth-order valence-electron chi connectivity index (χ4n) is 1.62. The topological polar surface area (TPSA) is 98.1 Å². The molecule has 0 unspecified atom stereocenters. The molecule has 0 radical (unpaired) electrons. The zero-order chi connectivity index (χ0) is 13.8. The molecule has 0 aliphatic carbocycles. The van der Waals surface area contributed by atoms with Gasteiger partial charge in [-0.3, -0.25) is 10.1 Å². The van der Waals surface area contributed by atoms with Crippen LogP contribution >= 0.6 is 0 Å². The molecule has 0 fully saturated rings. The lowest BCUT2D eigenvalue weighted by Crippen LogP contribution is -1.93. The molecule has 1 heterocycles. The zero-order valence-electron chi connectivity index (χ0n) is 9.94. The van der Waals surface area contributed by atoms with Gasteiger partial charge in [-0.1, -0.05) is 5.16 Å². The first-order valence-corrected chi connectivity index (χ1v) is 5.25. The van der Waals surface area contributed by atoms with Gasteiger partial charge in [0.1, 0.15) is 17.7 Å². The van der Waals surface area contributed by atoms with Crippen molar-refractivity contribution >= 4 is 11.9 Å². The van der Waals surface area contributed by atoms with Crippen LogP contribution in [0.25, 0.3) is 11.3 Å². The van der Waals surface area contributed by atoms with Crippen molar-refractivity contribution in [2.75, 3.05) is 7.11 Å². The second kappa shape index (κ2) is 5.21. The van der Waals surface area contributed by atoms with E-state index >= 15 is 0 Å². The second-order valence-electron chi connectivity index (χ2n) is 3.59. The Morgan fingerprint density at radius 3 is 2.84 bits per heavy atom. The molecule has 2 rings (SSSR count). The molecule has 0 atom stereocenters. The third kappa shape index (κ3) is 2.54. The molecule has 1 aromatic heterocycles. The Labute approximate surface area is 107 Å². The van der Waals surface area contributed by atoms with Gasteiger partial charge in [-0.25, -0.2) is 0 Å². The maximum atomic E-state index is 10.8. The quantitative estimate of drug-likeness (QED) is 0.395. The van der Waals surface area contributed by atoms with Crippen molar-refractivity contribution in [1.82, 2.24) is 0 Å². The Bertz CT molecular complexity index is 633. The third-order valence-electron chi connectivity index (χ3n) is 2.47. The van der Waals surface area contributed by atoms with Crippen LogP contribution in [0.4, 0.5) is 5.69 Å². The van der Waals surface area contributed by atoms with E-state index in [1.54, 1.807) is 18.2 Å². The third-order valence-corrected chi connectivity index (χ3v) is 2.47. The lowest BCUT2D eigenvalue weighted by Gasteiger charge is -2.03. The minimum atomic E-state index is -0.519. The maximum Gasteiger partial charge on any atom is 0.310 e. The molecule has 0 aliphatic rings. The largest absolute Gasteiger partial charge is 0.490 e. The summed E-state index contributed by atoms with van der Waals surface area (Å²) in [6.45, 7) is 0. The molecule has 1 N–H and O–H groups in total. The van der Waals surface area contributed by atoms with Crippen LogP contribution in [0.5, 0.6) is 5.75 Å². The molecule has 7 heteroatoms. The molecule has 7 nitrogen and oxygen atoms in total. The molecular weight excluding hydrogens is 252 g/mol. The summed E-state index contributed by atoms with van der Waals surface area (Å²) in [5.74, 6) is 1.01. The number of furan rings is 1. The average molecular weight is 262 g/mol. The summed E-state index contributed by atoms with van der Waals surface area (Å²) in [5, 5.41) is 22.0. The molecule has 2 aromatic rings. The van der Waals surface area contributed by atoms with E-state index in [0.29, 0.717) is 17.1 Å². The van der Waals surface area contributed by atoms with Gasteiger partial charge in [0.25, 0.3) is 0 Å². The standard InChI is InChI=1S/C12H10N2O5/c1-18-12-6-8(2-4-10(12)14(16)17)11-5-3-9(19-11)7-13-15/h2-7,15H,1H3/b13-7+. The first kappa shape index (κ1) is 12.6. The summed E-state index contributed by atoms with van der Waals surface area (Å²) < 4.78 is 10.3. The highest BCUT2D eigenvalue weighted by molar-refractivity contribution is 5.77. The maximum absolute atomic E-state index is 10.8. The van der Waals surface area contributed by atoms with E-state index in [9.17, 15) is 10.1 Å². The van der Waals surface area contributed by atoms with Gasteiger partial charge in [0.15, 0.2) is 5.75 Å². The van der Waals surface area contributed by atoms with E-state index in [1.807, 2.05) is 0 Å². The van der Waals surface area contributed by atoms with Gasteiger partial charge in [-0.15, -0.1) is 0 Å². The number of hydrogen-bond acceptors (Lipinski definition) is 6. The van der Waals surface area contributed by atoms with Crippen LogP contribution in [0.1, 0.15) is 5.76 Å². The Kier molecular flexibility index (Phi) is 3.46. The van der Waals surface area contributed by atoms with E-state index in [4.69, 9.17) is 14.4 Å². The van der Waals surface area contributed by atoms with Crippen LogP contribution in [0.15, 0.2) is 39.9 Å². The first-order valence-electron chi connectivity index (χ1n) is 5.25. The second-order valence-corrected chi connectivity index (χ2v) is 3.59. The van der Waals surface area contributed by atoms with E-state index in [-0.39, 0.29) is 11.4 Å². The Morgan fingerprint density at radius 1 is 1.42 bits per heavy atom. The summed E-state index contributed by atoms with van der Waals surface area (Å²) in [4.78, 5) is 10.3. The zero-order valence-corrected chi connectivity index (χ0v) is 9.94. The monoisotopic (exact) mass is 262 g/mol. The van der Waals surface area contributed by atoms with Crippen LogP contribution in [0.3, 0.4) is 0 Å². The van der Waals surface area contributed by atoms with E-state index in [1.165, 1.54) is 19.2 Å². The van der Waals surface area contributed by atoms with Gasteiger partial charge in [0.2, 0.25) is 0 Å². The molecule has 0 spiro atoms. The lowest BCUT2D eigenvalue weighted by molar-refractivity contribution is -0.385. The molecule has 0 saturated carbocycles. The number of rotatable bonds is 4. The minimum absolute atomic E-state index is 0.116. The molecule has 1 aromatic carbocycles. The average Bonchev–Trinajstić information content (AvgIpc) is 2.87. The van der Waals surface area contributed by atoms with Crippen molar-refractivity contribution in [3.8, 4) is 17.1 Å². The fraction of sp³-hybridized carbons (Fsp3) is 0.0833. The van der Waals surface area contributed by atoms with Crippen LogP contribution in [0, 0.1) is 10.1 Å². The predicted molar refractivity (Wildman–Crippen MR) is 66.7 cm³/mol. The number of nitro benzene ring substituents is 1. The summed E-state index contributed by atoms with van der Waals surface area (Å²) in [5.41, 5.74) is 0.509. The fourth-order valence-corrected chi connectivity index (χ4v) is 1.62. The molecule has 98 valence electrons. The highest BCUT2D eigenvalue weighted by atomic mass is 16.6. The summed E-state index contributed by atoms with van der Waals surface area (Å²) in [6.07, 6.45) is 1.14. The predicted octanol–water partition coefficient (Wildman–Crippen LogP) is 2.67. The number of oxime groups is 1. The number of nitrogens with zero attached hydrogens (tertiary/aromatic N) is 2. The van der Waals surface area contributed by atoms with Crippen LogP contribution in [-0.2, 0) is 0 Å². The first-order chi connectivity index (χ1) is 9.15. The number of methoxy groups -OCH3 is 1. The van der Waals surface area contributed by atoms with Crippen molar-refractivity contribution < 1.29 is 19.3 Å². The van der Waals surface area contributed by atoms with Gasteiger partial charge < -0.3 is 14.4 Å². The van der Waals surface area contributed by atoms with Crippen molar-refractivity contribution in [2.45, 2.75) is 0 Å². The lowest BCUT2D eigenvalue weighted by atomic mass is 10.1. The summed E-state index contributed by atoms with van der Waals surface area (Å²) in [6, 6.07) is 7.69. The SMILES string of the molecule is COc1cc(-c2ccc(/C=N/O)o2)ccc1[N+](=O)[O-]. The Hall–Kier alpha value is -2.83. The number of benzene rings is 1. The van der Waals surface area contributed by atoms with Crippen LogP contribution in [-0.4, -0.2) is 23.5 Å². The van der Waals surface area contributed by atoms with Gasteiger partial charge in [0, 0.05) is 11.6 Å². The van der Waals surface area contributed by atoms with E-state index in [0.717, 1.165) is 6.21 Å². The molecular formula is C12H10N2O5. The molecule has 0 saturated heterocycles. The minimum Gasteiger partial charge on any atom is -0.490 e. The van der Waals surface area contributed by atoms with Gasteiger partial charge >= 0.3 is 5.69 Å². The molecule has 19 heavy (non-hydrogen) atoms. The number of ether oxygens (including phenoxy) is 1. The van der Waals surface area contributed by atoms with Crippen molar-refractivity contribution in [2.24, 2.45) is 5.16 Å². The highest BCUT2D eigenvalue weighted by Crippen LogP contribution is 2.32. The van der Waals surface area contributed by atoms with Gasteiger partial charge in [-0.05, 0) is 24.3 Å². The van der Waals surface area contributed by atoms with E-state index < -0.39 is 4.92 Å². The normalized spacial score (nSPS) is 10.8. The summed E-state index contributed by atoms with van der Waals surface area (Å²) >= 11 is 0. The Morgan fingerprint density at radius 2 is 2.21 bits per heavy atom. The Balaban J connectivity index is 2.42. The number of hydrogen-bond donors (Lipinski definition) is 1. The van der Waals surface area contributed by atoms with Crippen LogP contribution < -0.4 is 4.74 Å². The summed E-state index contributed by atoms with van der Waals surface area (Å²) in [7, 11) is 1.36. The van der Waals surface area contributed by atoms with Crippen LogP contribution in [0.2, 0.25) is 0 Å². The highest BCUT2D eigenvalue weighted by Gasteiger charge is 2.16. The molecule has 0 bridgehead atoms. The smallest absolute Gasteiger partial charge is 0.310 e. The van der Waals surface area contributed by atoms with Crippen molar-refractivity contribution in [1.29, 1.82) is 0 Å². The van der Waals surface area contributed by atoms with Gasteiger partial charge in [0.05, 0.1) is 12.0 Å². The van der Waals surface area contributed by atoms with Crippen molar-refractivity contribution in [3.05, 3.63) is 46.2 Å². The van der Waals surface area contributed by atoms with Crippen molar-refractivity contribution in [3.63, 3.8) is 0 Å².